The predicted molar refractivity (Wildman–Crippen MR) is 92.8 cm³/mol. The lowest BCUT2D eigenvalue weighted by molar-refractivity contribution is 0.134. The van der Waals surface area contributed by atoms with Crippen LogP contribution in [-0.2, 0) is 6.42 Å². The lowest BCUT2D eigenvalue weighted by Gasteiger charge is -2.28. The third kappa shape index (κ3) is 3.03. The molecule has 2 heterocycles. The first kappa shape index (κ1) is 16.1. The summed E-state index contributed by atoms with van der Waals surface area (Å²) in [5.41, 5.74) is 10.1. The number of aliphatic hydroxyl groups is 1. The van der Waals surface area contributed by atoms with Gasteiger partial charge >= 0.3 is 0 Å². The highest BCUT2D eigenvalue weighted by Crippen LogP contribution is 2.44. The molecule has 0 radical (unpaired) electrons. The Kier molecular flexibility index (Phi) is 4.78. The van der Waals surface area contributed by atoms with E-state index in [-0.39, 0.29) is 12.7 Å². The van der Waals surface area contributed by atoms with Crippen LogP contribution in [-0.4, -0.2) is 38.0 Å². The van der Waals surface area contributed by atoms with Gasteiger partial charge in [0.05, 0.1) is 18.1 Å². The minimum absolute atomic E-state index is 0.0457. The second-order valence-corrected chi connectivity index (χ2v) is 6.48. The SMILES string of the molecule is CNCCCN1C(N)=CCC(C)c2ccc3c(c21)CC(CO)O3. The number of nitrogens with one attached hydrogen (secondary N) is 1. The van der Waals surface area contributed by atoms with Crippen molar-refractivity contribution in [3.63, 3.8) is 0 Å². The van der Waals surface area contributed by atoms with Gasteiger partial charge in [-0.15, -0.1) is 0 Å². The molecule has 0 aliphatic carbocycles. The number of nitrogens with two attached hydrogens (primary N) is 1. The molecule has 0 bridgehead atoms. The van der Waals surface area contributed by atoms with Crippen LogP contribution in [0.1, 0.15) is 36.8 Å². The van der Waals surface area contributed by atoms with Gasteiger partial charge in [0.2, 0.25) is 0 Å². The van der Waals surface area contributed by atoms with Crippen LogP contribution in [0.3, 0.4) is 0 Å². The van der Waals surface area contributed by atoms with Crippen LogP contribution < -0.4 is 20.7 Å². The van der Waals surface area contributed by atoms with Crippen LogP contribution in [0.25, 0.3) is 0 Å². The van der Waals surface area contributed by atoms with E-state index in [0.717, 1.165) is 43.9 Å². The Bertz CT molecular complexity index is 600. The Labute approximate surface area is 138 Å². The number of aliphatic hydroxyl groups excluding tert-OH is 1. The van der Waals surface area contributed by atoms with Crippen molar-refractivity contribution in [3.05, 3.63) is 35.2 Å². The number of allylic oxidation sites excluding steroid dienone is 1. The Morgan fingerprint density at radius 3 is 3.00 bits per heavy atom. The summed E-state index contributed by atoms with van der Waals surface area (Å²) in [5, 5.41) is 12.7. The molecule has 0 amide bonds. The Balaban J connectivity index is 2.02. The van der Waals surface area contributed by atoms with Gasteiger partial charge in [0.25, 0.3) is 0 Å². The Hall–Kier alpha value is -1.72. The minimum Gasteiger partial charge on any atom is -0.487 e. The maximum atomic E-state index is 9.46. The molecule has 5 nitrogen and oxygen atoms in total. The van der Waals surface area contributed by atoms with E-state index in [1.54, 1.807) is 0 Å². The molecular formula is C18H27N3O2. The number of hydrogen-bond donors (Lipinski definition) is 3. The standard InChI is InChI=1S/C18H27N3O2/c1-12-4-7-17(19)21(9-3-8-20-2)18-14(12)5-6-16-15(18)10-13(11-22)23-16/h5-7,12-13,20,22H,3-4,8-11,19H2,1-2H3. The zero-order valence-electron chi connectivity index (χ0n) is 14.0. The van der Waals surface area contributed by atoms with Crippen molar-refractivity contribution >= 4 is 5.69 Å². The average molecular weight is 317 g/mol. The maximum absolute atomic E-state index is 9.46. The molecule has 2 atom stereocenters. The maximum Gasteiger partial charge on any atom is 0.126 e. The molecule has 1 aromatic rings. The monoisotopic (exact) mass is 317 g/mol. The van der Waals surface area contributed by atoms with Gasteiger partial charge in [0.15, 0.2) is 0 Å². The van der Waals surface area contributed by atoms with E-state index in [4.69, 9.17) is 10.5 Å². The molecule has 2 unspecified atom stereocenters. The molecule has 3 rings (SSSR count). The quantitative estimate of drug-likeness (QED) is 0.721. The average Bonchev–Trinajstić information content (AvgIpc) is 2.94. The number of benzene rings is 1. The van der Waals surface area contributed by atoms with Gasteiger partial charge in [-0.3, -0.25) is 0 Å². The largest absolute Gasteiger partial charge is 0.487 e. The first-order valence-electron chi connectivity index (χ1n) is 8.46. The van der Waals surface area contributed by atoms with Gasteiger partial charge in [-0.05, 0) is 50.1 Å². The van der Waals surface area contributed by atoms with Crippen molar-refractivity contribution in [2.24, 2.45) is 5.73 Å². The van der Waals surface area contributed by atoms with Crippen molar-refractivity contribution in [1.82, 2.24) is 5.32 Å². The number of ether oxygens (including phenoxy) is 1. The molecule has 2 aliphatic rings. The highest BCUT2D eigenvalue weighted by molar-refractivity contribution is 5.70. The molecule has 5 heteroatoms. The zero-order valence-corrected chi connectivity index (χ0v) is 14.0. The molecular weight excluding hydrogens is 290 g/mol. The summed E-state index contributed by atoms with van der Waals surface area (Å²) in [6, 6.07) is 4.21. The summed E-state index contributed by atoms with van der Waals surface area (Å²) < 4.78 is 5.86. The zero-order chi connectivity index (χ0) is 16.4. The van der Waals surface area contributed by atoms with Crippen molar-refractivity contribution in [2.45, 2.75) is 38.2 Å². The second kappa shape index (κ2) is 6.81. The topological polar surface area (TPSA) is 70.8 Å². The molecule has 0 saturated heterocycles. The molecule has 0 saturated carbocycles. The third-order valence-electron chi connectivity index (χ3n) is 4.80. The predicted octanol–water partition coefficient (Wildman–Crippen LogP) is 1.71. The fourth-order valence-corrected chi connectivity index (χ4v) is 3.53. The summed E-state index contributed by atoms with van der Waals surface area (Å²) in [6.07, 6.45) is 4.71. The van der Waals surface area contributed by atoms with Crippen molar-refractivity contribution in [1.29, 1.82) is 0 Å². The van der Waals surface area contributed by atoms with Crippen molar-refractivity contribution < 1.29 is 9.84 Å². The molecule has 23 heavy (non-hydrogen) atoms. The third-order valence-corrected chi connectivity index (χ3v) is 4.80. The molecule has 2 aliphatic heterocycles. The van der Waals surface area contributed by atoms with Crippen LogP contribution in [0, 0.1) is 0 Å². The van der Waals surface area contributed by atoms with Crippen LogP contribution in [0.4, 0.5) is 5.69 Å². The van der Waals surface area contributed by atoms with Crippen molar-refractivity contribution in [2.75, 3.05) is 31.6 Å². The van der Waals surface area contributed by atoms with E-state index in [0.29, 0.717) is 5.92 Å². The highest BCUT2D eigenvalue weighted by atomic mass is 16.5. The Morgan fingerprint density at radius 1 is 1.43 bits per heavy atom. The lowest BCUT2D eigenvalue weighted by atomic mass is 9.93. The second-order valence-electron chi connectivity index (χ2n) is 6.48. The summed E-state index contributed by atoms with van der Waals surface area (Å²) in [7, 11) is 1.97. The first-order chi connectivity index (χ1) is 11.2. The summed E-state index contributed by atoms with van der Waals surface area (Å²) >= 11 is 0. The van der Waals surface area contributed by atoms with E-state index in [1.807, 2.05) is 13.1 Å². The number of nitrogens with zero attached hydrogens (tertiary/aromatic N) is 1. The Morgan fingerprint density at radius 2 is 2.26 bits per heavy atom. The van der Waals surface area contributed by atoms with Gasteiger partial charge < -0.3 is 25.8 Å². The number of anilines is 1. The molecule has 0 fully saturated rings. The number of rotatable bonds is 5. The van der Waals surface area contributed by atoms with E-state index in [9.17, 15) is 5.11 Å². The van der Waals surface area contributed by atoms with Gasteiger partial charge in [-0.2, -0.15) is 0 Å². The minimum atomic E-state index is -0.139. The van der Waals surface area contributed by atoms with Gasteiger partial charge in [-0.1, -0.05) is 13.0 Å². The summed E-state index contributed by atoms with van der Waals surface area (Å²) in [4.78, 5) is 2.23. The fraction of sp³-hybridized carbons (Fsp3) is 0.556. The van der Waals surface area contributed by atoms with Crippen LogP contribution in [0.5, 0.6) is 5.75 Å². The molecule has 0 aromatic heterocycles. The number of fused-ring (bicyclic) bond motifs is 3. The van der Waals surface area contributed by atoms with Crippen LogP contribution in [0.15, 0.2) is 24.0 Å². The highest BCUT2D eigenvalue weighted by Gasteiger charge is 2.31. The first-order valence-corrected chi connectivity index (χ1v) is 8.46. The van der Waals surface area contributed by atoms with Crippen LogP contribution in [0.2, 0.25) is 0 Å². The normalized spacial score (nSPS) is 22.9. The van der Waals surface area contributed by atoms with Crippen LogP contribution >= 0.6 is 0 Å². The molecule has 4 N–H and O–H groups in total. The summed E-state index contributed by atoms with van der Waals surface area (Å²) in [5.74, 6) is 2.15. The van der Waals surface area contributed by atoms with E-state index >= 15 is 0 Å². The van der Waals surface area contributed by atoms with Gasteiger partial charge in [0, 0.05) is 18.5 Å². The van der Waals surface area contributed by atoms with Gasteiger partial charge in [0.1, 0.15) is 11.9 Å². The molecule has 1 aromatic carbocycles. The number of hydrogen-bond acceptors (Lipinski definition) is 5. The van der Waals surface area contributed by atoms with E-state index in [1.165, 1.54) is 16.8 Å². The fourth-order valence-electron chi connectivity index (χ4n) is 3.53. The molecule has 0 spiro atoms. The van der Waals surface area contributed by atoms with E-state index < -0.39 is 0 Å². The van der Waals surface area contributed by atoms with Gasteiger partial charge in [-0.25, -0.2) is 0 Å². The van der Waals surface area contributed by atoms with Crippen molar-refractivity contribution in [3.8, 4) is 5.75 Å². The van der Waals surface area contributed by atoms with E-state index in [2.05, 4.69) is 29.3 Å². The lowest BCUT2D eigenvalue weighted by Crippen LogP contribution is -2.31. The molecule has 126 valence electrons. The summed E-state index contributed by atoms with van der Waals surface area (Å²) in [6.45, 7) is 4.12. The smallest absolute Gasteiger partial charge is 0.126 e.